The zero-order chi connectivity index (χ0) is 17.3. The van der Waals surface area contributed by atoms with Crippen molar-refractivity contribution in [2.75, 3.05) is 13.7 Å². The normalized spacial score (nSPS) is 23.4. The van der Waals surface area contributed by atoms with E-state index in [-0.39, 0.29) is 10.8 Å². The maximum Gasteiger partial charge on any atom is 0.364 e. The quantitative estimate of drug-likeness (QED) is 0.611. The van der Waals surface area contributed by atoms with Crippen molar-refractivity contribution in [2.24, 2.45) is 0 Å². The number of aliphatic hydroxyl groups is 1. The van der Waals surface area contributed by atoms with Gasteiger partial charge in [-0.25, -0.2) is 4.79 Å². The number of benzene rings is 1. The van der Waals surface area contributed by atoms with Gasteiger partial charge in [-0.2, -0.15) is 4.68 Å². The van der Waals surface area contributed by atoms with Crippen LogP contribution in [-0.4, -0.2) is 46.7 Å². The summed E-state index contributed by atoms with van der Waals surface area (Å²) in [7, 11) is 1.35. The molecule has 0 spiro atoms. The van der Waals surface area contributed by atoms with Gasteiger partial charge in [0.1, 0.15) is 12.6 Å². The van der Waals surface area contributed by atoms with E-state index in [0.717, 1.165) is 16.0 Å². The van der Waals surface area contributed by atoms with E-state index in [1.807, 2.05) is 31.2 Å². The molecule has 0 aliphatic carbocycles. The van der Waals surface area contributed by atoms with Crippen LogP contribution in [0, 0.1) is 11.8 Å². The van der Waals surface area contributed by atoms with Crippen molar-refractivity contribution in [3.05, 3.63) is 34.7 Å². The maximum absolute atomic E-state index is 11.9. The Morgan fingerprint density at radius 1 is 1.50 bits per heavy atom. The van der Waals surface area contributed by atoms with Crippen LogP contribution in [0.25, 0.3) is 11.5 Å². The van der Waals surface area contributed by atoms with E-state index in [0.29, 0.717) is 25.5 Å². The Morgan fingerprint density at radius 2 is 2.21 bits per heavy atom. The average molecular weight is 350 g/mol. The summed E-state index contributed by atoms with van der Waals surface area (Å²) in [6.07, 6.45) is -0.167. The molecule has 2 aromatic rings. The number of hydrogen-bond acceptors (Lipinski definition) is 6. The van der Waals surface area contributed by atoms with E-state index in [1.54, 1.807) is 4.68 Å². The summed E-state index contributed by atoms with van der Waals surface area (Å²) < 4.78 is 11.9. The van der Waals surface area contributed by atoms with Crippen molar-refractivity contribution < 1.29 is 24.0 Å². The molecule has 24 heavy (non-hydrogen) atoms. The molecule has 1 aliphatic heterocycles. The number of nitrogens with one attached hydrogen (secondary N) is 1. The minimum Gasteiger partial charge on any atom is -0.465 e. The molecule has 0 bridgehead atoms. The summed E-state index contributed by atoms with van der Waals surface area (Å²) >= 11 is 5.24. The van der Waals surface area contributed by atoms with Gasteiger partial charge in [-0.3, -0.25) is 0 Å². The molecule has 1 saturated heterocycles. The second-order valence-electron chi connectivity index (χ2n) is 6.02. The largest absolute Gasteiger partial charge is 0.465 e. The lowest BCUT2D eigenvalue weighted by Gasteiger charge is -2.18. The monoisotopic (exact) mass is 350 g/mol. The first-order valence-corrected chi connectivity index (χ1v) is 8.14. The number of carbonyl (C=O) groups excluding carboxylic acids is 1. The van der Waals surface area contributed by atoms with Crippen LogP contribution >= 0.6 is 12.2 Å². The lowest BCUT2D eigenvalue weighted by Crippen LogP contribution is -3.14. The highest BCUT2D eigenvalue weighted by molar-refractivity contribution is 7.71. The smallest absolute Gasteiger partial charge is 0.364 e. The Hall–Kier alpha value is -2.03. The molecule has 2 N–H and O–H groups in total. The number of methoxy groups -OCH3 is 1. The Kier molecular flexibility index (Phi) is 4.79. The molecule has 1 aromatic heterocycles. The first-order valence-electron chi connectivity index (χ1n) is 7.73. The van der Waals surface area contributed by atoms with Gasteiger partial charge in [-0.1, -0.05) is 17.7 Å². The third kappa shape index (κ3) is 3.40. The second-order valence-corrected chi connectivity index (χ2v) is 6.37. The fraction of sp³-hybridized carbons (Fsp3) is 0.438. The lowest BCUT2D eigenvalue weighted by molar-refractivity contribution is -0.928. The molecule has 1 aliphatic rings. The van der Waals surface area contributed by atoms with Gasteiger partial charge < -0.3 is 19.2 Å². The van der Waals surface area contributed by atoms with E-state index in [1.165, 1.54) is 7.11 Å². The molecule has 0 saturated carbocycles. The van der Waals surface area contributed by atoms with Gasteiger partial charge in [0.25, 0.3) is 4.84 Å². The van der Waals surface area contributed by atoms with Crippen molar-refractivity contribution in [3.63, 3.8) is 0 Å². The van der Waals surface area contributed by atoms with Crippen LogP contribution in [0.3, 0.4) is 0 Å². The summed E-state index contributed by atoms with van der Waals surface area (Å²) in [5.41, 5.74) is 1.99. The maximum atomic E-state index is 11.9. The second kappa shape index (κ2) is 6.84. The predicted molar refractivity (Wildman–Crippen MR) is 87.8 cm³/mol. The zero-order valence-electron chi connectivity index (χ0n) is 13.6. The highest BCUT2D eigenvalue weighted by Gasteiger charge is 2.41. The number of ether oxygens (including phenoxy) is 1. The summed E-state index contributed by atoms with van der Waals surface area (Å²) in [5, 5.41) is 14.3. The number of hydrogen-bond donors (Lipinski definition) is 2. The van der Waals surface area contributed by atoms with Gasteiger partial charge >= 0.3 is 5.97 Å². The van der Waals surface area contributed by atoms with Gasteiger partial charge in [0.2, 0.25) is 5.89 Å². The Morgan fingerprint density at radius 3 is 2.88 bits per heavy atom. The van der Waals surface area contributed by atoms with E-state index in [2.05, 4.69) is 5.10 Å². The Labute approximate surface area is 144 Å². The fourth-order valence-electron chi connectivity index (χ4n) is 2.96. The summed E-state index contributed by atoms with van der Waals surface area (Å²) in [6, 6.07) is 7.37. The molecule has 3 atom stereocenters. The highest BCUT2D eigenvalue weighted by Crippen LogP contribution is 2.18. The summed E-state index contributed by atoms with van der Waals surface area (Å²) in [4.78, 5) is 13.0. The van der Waals surface area contributed by atoms with Crippen molar-refractivity contribution in [2.45, 2.75) is 32.2 Å². The van der Waals surface area contributed by atoms with Crippen LogP contribution in [-0.2, 0) is 16.2 Å². The number of aromatic nitrogens is 2. The van der Waals surface area contributed by atoms with Gasteiger partial charge in [0.15, 0.2) is 12.7 Å². The van der Waals surface area contributed by atoms with Crippen molar-refractivity contribution in [1.82, 2.24) is 9.78 Å². The molecule has 1 fully saturated rings. The van der Waals surface area contributed by atoms with Crippen LogP contribution in [0.4, 0.5) is 0 Å². The standard InChI is InChI=1S/C16H19N3O4S/c1-10-3-5-11(6-4-10)14-17-19(16(24)23-14)9-18-8-12(20)7-13(18)15(21)22-2/h3-6,12-13,20H,7-9H2,1-2H3/p+1/t12-,13-/m0/s1. The van der Waals surface area contributed by atoms with Gasteiger partial charge in [-0.05, 0) is 31.3 Å². The molecule has 128 valence electrons. The van der Waals surface area contributed by atoms with Crippen LogP contribution in [0.2, 0.25) is 0 Å². The van der Waals surface area contributed by atoms with Crippen LogP contribution in [0.1, 0.15) is 12.0 Å². The third-order valence-corrected chi connectivity index (χ3v) is 4.54. The van der Waals surface area contributed by atoms with Crippen LogP contribution in [0.5, 0.6) is 0 Å². The third-order valence-electron chi connectivity index (χ3n) is 4.24. The van der Waals surface area contributed by atoms with Crippen molar-refractivity contribution in [1.29, 1.82) is 0 Å². The molecular weight excluding hydrogens is 330 g/mol. The first-order chi connectivity index (χ1) is 11.5. The minimum atomic E-state index is -0.540. The van der Waals surface area contributed by atoms with Crippen molar-refractivity contribution in [3.8, 4) is 11.5 Å². The minimum absolute atomic E-state index is 0.239. The SMILES string of the molecule is COC(=O)[C@@H]1C[C@H](O)C[NH+]1Cn1nc(-c2ccc(C)cc2)oc1=S. The Balaban J connectivity index is 1.81. The molecule has 2 heterocycles. The summed E-state index contributed by atoms with van der Waals surface area (Å²) in [6.45, 7) is 2.78. The molecule has 1 aromatic carbocycles. The van der Waals surface area contributed by atoms with Gasteiger partial charge in [-0.15, -0.1) is 5.10 Å². The number of aliphatic hydroxyl groups excluding tert-OH is 1. The topological polar surface area (TPSA) is 81.9 Å². The molecule has 0 amide bonds. The van der Waals surface area contributed by atoms with Gasteiger partial charge in [0.05, 0.1) is 7.11 Å². The van der Waals surface area contributed by atoms with E-state index in [4.69, 9.17) is 21.4 Å². The lowest BCUT2D eigenvalue weighted by atomic mass is 10.1. The molecule has 0 radical (unpaired) electrons. The molecule has 8 heteroatoms. The molecular formula is C16H20N3O4S+. The number of rotatable bonds is 4. The highest BCUT2D eigenvalue weighted by atomic mass is 32.1. The van der Waals surface area contributed by atoms with E-state index in [9.17, 15) is 9.90 Å². The van der Waals surface area contributed by atoms with Crippen LogP contribution in [0.15, 0.2) is 28.7 Å². The molecule has 7 nitrogen and oxygen atoms in total. The summed E-state index contributed by atoms with van der Waals surface area (Å²) in [5.74, 6) is 0.101. The molecule has 1 unspecified atom stereocenters. The molecule has 3 rings (SSSR count). The van der Waals surface area contributed by atoms with Gasteiger partial charge in [0, 0.05) is 12.0 Å². The number of aryl methyl sites for hydroxylation is 1. The number of quaternary nitrogens is 1. The zero-order valence-corrected chi connectivity index (χ0v) is 14.4. The van der Waals surface area contributed by atoms with Crippen LogP contribution < -0.4 is 4.90 Å². The first kappa shape index (κ1) is 16.8. The van der Waals surface area contributed by atoms with E-state index < -0.39 is 12.1 Å². The number of esters is 1. The number of likely N-dealkylation sites (tertiary alicyclic amines) is 1. The Bertz CT molecular complexity index is 783. The average Bonchev–Trinajstić information content (AvgIpc) is 3.11. The number of carbonyl (C=O) groups is 1. The van der Waals surface area contributed by atoms with E-state index >= 15 is 0 Å². The number of nitrogens with zero attached hydrogens (tertiary/aromatic N) is 2. The van der Waals surface area contributed by atoms with Crippen molar-refractivity contribution >= 4 is 18.2 Å². The predicted octanol–water partition coefficient (Wildman–Crippen LogP) is 0.330. The fourth-order valence-corrected chi connectivity index (χ4v) is 3.14.